The average molecular weight is 490 g/mol. The number of thioether (sulfide) groups is 1. The standard InChI is InChI=1S/C26H27N5O3S/c1-16-10-11-17(2)20(14-16)28-25(32)23(18-8-6-5-7-9-18)35-26-30-29-24(31(26)27)19-12-13-21(33-3)22(15-19)34-4/h5-15,23H,27H2,1-4H3,(H,28,32)/t23-/m1/s1. The van der Waals surface area contributed by atoms with Crippen molar-refractivity contribution in [2.24, 2.45) is 0 Å². The lowest BCUT2D eigenvalue weighted by atomic mass is 10.1. The van der Waals surface area contributed by atoms with Crippen LogP contribution >= 0.6 is 11.8 Å². The van der Waals surface area contributed by atoms with Gasteiger partial charge in [-0.05, 0) is 54.8 Å². The van der Waals surface area contributed by atoms with E-state index in [9.17, 15) is 4.79 Å². The van der Waals surface area contributed by atoms with Crippen molar-refractivity contribution in [2.75, 3.05) is 25.4 Å². The van der Waals surface area contributed by atoms with Gasteiger partial charge < -0.3 is 20.6 Å². The molecule has 35 heavy (non-hydrogen) atoms. The van der Waals surface area contributed by atoms with E-state index in [-0.39, 0.29) is 5.91 Å². The summed E-state index contributed by atoms with van der Waals surface area (Å²) in [6.07, 6.45) is 0. The van der Waals surface area contributed by atoms with Crippen molar-refractivity contribution in [3.05, 3.63) is 83.4 Å². The summed E-state index contributed by atoms with van der Waals surface area (Å²) < 4.78 is 12.1. The molecule has 0 unspecified atom stereocenters. The molecule has 4 rings (SSSR count). The van der Waals surface area contributed by atoms with Crippen molar-refractivity contribution in [1.82, 2.24) is 14.9 Å². The fourth-order valence-corrected chi connectivity index (χ4v) is 4.56. The van der Waals surface area contributed by atoms with Gasteiger partial charge in [0.15, 0.2) is 17.3 Å². The van der Waals surface area contributed by atoms with E-state index in [0.717, 1.165) is 22.4 Å². The van der Waals surface area contributed by atoms with E-state index in [1.54, 1.807) is 26.4 Å². The van der Waals surface area contributed by atoms with Gasteiger partial charge in [0, 0.05) is 11.3 Å². The molecule has 3 N–H and O–H groups in total. The average Bonchev–Trinajstić information content (AvgIpc) is 3.24. The molecular weight excluding hydrogens is 462 g/mol. The normalized spacial score (nSPS) is 11.7. The van der Waals surface area contributed by atoms with E-state index < -0.39 is 5.25 Å². The van der Waals surface area contributed by atoms with Gasteiger partial charge in [0.2, 0.25) is 11.1 Å². The van der Waals surface area contributed by atoms with E-state index in [1.807, 2.05) is 68.4 Å². The second-order valence-electron chi connectivity index (χ2n) is 7.96. The number of amides is 1. The molecule has 4 aromatic rings. The maximum atomic E-state index is 13.5. The molecule has 0 aliphatic carbocycles. The minimum atomic E-state index is -0.596. The molecule has 0 aliphatic heterocycles. The SMILES string of the molecule is COc1ccc(-c2nnc(S[C@@H](C(=O)Nc3cc(C)ccc3C)c3ccccc3)n2N)cc1OC. The number of carbonyl (C=O) groups is 1. The Morgan fingerprint density at radius 2 is 1.71 bits per heavy atom. The fraction of sp³-hybridized carbons (Fsp3) is 0.192. The Morgan fingerprint density at radius 3 is 2.43 bits per heavy atom. The number of methoxy groups -OCH3 is 2. The van der Waals surface area contributed by atoms with Crippen molar-refractivity contribution in [3.8, 4) is 22.9 Å². The van der Waals surface area contributed by atoms with Crippen LogP contribution in [-0.4, -0.2) is 35.0 Å². The summed E-state index contributed by atoms with van der Waals surface area (Å²) in [6, 6.07) is 20.9. The number of benzene rings is 3. The first kappa shape index (κ1) is 24.2. The van der Waals surface area contributed by atoms with Crippen LogP contribution in [0.4, 0.5) is 5.69 Å². The minimum Gasteiger partial charge on any atom is -0.493 e. The number of nitrogens with two attached hydrogens (primary N) is 1. The van der Waals surface area contributed by atoms with E-state index >= 15 is 0 Å². The first-order valence-electron chi connectivity index (χ1n) is 10.9. The Labute approximate surface area is 208 Å². The predicted octanol–water partition coefficient (Wildman–Crippen LogP) is 4.77. The van der Waals surface area contributed by atoms with Crippen LogP contribution in [0.5, 0.6) is 11.5 Å². The highest BCUT2D eigenvalue weighted by molar-refractivity contribution is 8.00. The third-order valence-corrected chi connectivity index (χ3v) is 6.73. The molecule has 1 aromatic heterocycles. The number of rotatable bonds is 8. The van der Waals surface area contributed by atoms with E-state index in [1.165, 1.54) is 16.4 Å². The Balaban J connectivity index is 1.65. The van der Waals surface area contributed by atoms with Crippen molar-refractivity contribution >= 4 is 23.4 Å². The zero-order valence-corrected chi connectivity index (χ0v) is 20.8. The maximum Gasteiger partial charge on any atom is 0.242 e. The minimum absolute atomic E-state index is 0.175. The molecule has 0 saturated heterocycles. The van der Waals surface area contributed by atoms with Gasteiger partial charge in [-0.15, -0.1) is 10.2 Å². The number of nitrogen functional groups attached to an aromatic ring is 1. The van der Waals surface area contributed by atoms with E-state index in [4.69, 9.17) is 15.3 Å². The van der Waals surface area contributed by atoms with Gasteiger partial charge in [-0.3, -0.25) is 4.79 Å². The molecule has 0 spiro atoms. The number of aryl methyl sites for hydroxylation is 2. The van der Waals surface area contributed by atoms with Gasteiger partial charge in [-0.1, -0.05) is 54.2 Å². The van der Waals surface area contributed by atoms with E-state index in [0.29, 0.717) is 28.0 Å². The van der Waals surface area contributed by atoms with Crippen LogP contribution < -0.4 is 20.6 Å². The number of anilines is 1. The summed E-state index contributed by atoms with van der Waals surface area (Å²) >= 11 is 1.24. The number of carbonyl (C=O) groups excluding carboxylic acids is 1. The zero-order chi connectivity index (χ0) is 24.9. The molecule has 180 valence electrons. The smallest absolute Gasteiger partial charge is 0.242 e. The van der Waals surface area contributed by atoms with Crippen molar-refractivity contribution in [2.45, 2.75) is 24.3 Å². The maximum absolute atomic E-state index is 13.5. The summed E-state index contributed by atoms with van der Waals surface area (Å²) in [5, 5.41) is 11.4. The van der Waals surface area contributed by atoms with Gasteiger partial charge in [-0.2, -0.15) is 0 Å². The lowest BCUT2D eigenvalue weighted by molar-refractivity contribution is -0.115. The Hall–Kier alpha value is -3.98. The van der Waals surface area contributed by atoms with Crippen molar-refractivity contribution in [3.63, 3.8) is 0 Å². The molecule has 8 nitrogen and oxygen atoms in total. The predicted molar refractivity (Wildman–Crippen MR) is 138 cm³/mol. The third kappa shape index (κ3) is 5.25. The van der Waals surface area contributed by atoms with Gasteiger partial charge in [0.1, 0.15) is 5.25 Å². The zero-order valence-electron chi connectivity index (χ0n) is 20.0. The first-order valence-corrected chi connectivity index (χ1v) is 11.8. The fourth-order valence-electron chi connectivity index (χ4n) is 3.60. The summed E-state index contributed by atoms with van der Waals surface area (Å²) in [4.78, 5) is 13.5. The molecule has 1 atom stereocenters. The second-order valence-corrected chi connectivity index (χ2v) is 9.03. The molecule has 1 amide bonds. The molecular formula is C26H27N5O3S. The molecule has 1 heterocycles. The van der Waals surface area contributed by atoms with Crippen LogP contribution in [0.1, 0.15) is 21.9 Å². The number of nitrogens with zero attached hydrogens (tertiary/aromatic N) is 3. The highest BCUT2D eigenvalue weighted by Crippen LogP contribution is 2.37. The van der Waals surface area contributed by atoms with Crippen LogP contribution in [-0.2, 0) is 4.79 Å². The van der Waals surface area contributed by atoms with Gasteiger partial charge in [0.05, 0.1) is 14.2 Å². The monoisotopic (exact) mass is 489 g/mol. The topological polar surface area (TPSA) is 104 Å². The van der Waals surface area contributed by atoms with Crippen LogP contribution in [0.15, 0.2) is 71.9 Å². The molecule has 0 bridgehead atoms. The van der Waals surface area contributed by atoms with Gasteiger partial charge >= 0.3 is 0 Å². The van der Waals surface area contributed by atoms with E-state index in [2.05, 4.69) is 15.5 Å². The number of nitrogens with one attached hydrogen (secondary N) is 1. The highest BCUT2D eigenvalue weighted by Gasteiger charge is 2.26. The largest absolute Gasteiger partial charge is 0.493 e. The van der Waals surface area contributed by atoms with Crippen LogP contribution in [0, 0.1) is 13.8 Å². The van der Waals surface area contributed by atoms with Gasteiger partial charge in [-0.25, -0.2) is 4.68 Å². The molecule has 9 heteroatoms. The molecule has 0 radical (unpaired) electrons. The number of hydrogen-bond acceptors (Lipinski definition) is 7. The number of ether oxygens (including phenoxy) is 2. The van der Waals surface area contributed by atoms with Crippen LogP contribution in [0.25, 0.3) is 11.4 Å². The summed E-state index contributed by atoms with van der Waals surface area (Å²) in [5.41, 5.74) is 4.36. The van der Waals surface area contributed by atoms with Crippen LogP contribution in [0.3, 0.4) is 0 Å². The second kappa shape index (κ2) is 10.5. The van der Waals surface area contributed by atoms with Crippen molar-refractivity contribution in [1.29, 1.82) is 0 Å². The highest BCUT2D eigenvalue weighted by atomic mass is 32.2. The lowest BCUT2D eigenvalue weighted by Gasteiger charge is -2.18. The third-order valence-electron chi connectivity index (χ3n) is 5.52. The van der Waals surface area contributed by atoms with Crippen LogP contribution in [0.2, 0.25) is 0 Å². The molecule has 0 aliphatic rings. The quantitative estimate of drug-likeness (QED) is 0.271. The van der Waals surface area contributed by atoms with Gasteiger partial charge in [0.25, 0.3) is 0 Å². The molecule has 3 aromatic carbocycles. The first-order chi connectivity index (χ1) is 16.9. The lowest BCUT2D eigenvalue weighted by Crippen LogP contribution is -2.21. The molecule has 0 fully saturated rings. The summed E-state index contributed by atoms with van der Waals surface area (Å²) in [5.74, 6) is 7.80. The Bertz CT molecular complexity index is 1340. The number of aromatic nitrogens is 3. The summed E-state index contributed by atoms with van der Waals surface area (Å²) in [6.45, 7) is 3.96. The molecule has 0 saturated carbocycles. The Morgan fingerprint density at radius 1 is 0.971 bits per heavy atom. The number of hydrogen-bond donors (Lipinski definition) is 2. The summed E-state index contributed by atoms with van der Waals surface area (Å²) in [7, 11) is 3.14. The Kier molecular flexibility index (Phi) is 7.26. The van der Waals surface area contributed by atoms with Crippen molar-refractivity contribution < 1.29 is 14.3 Å².